The lowest BCUT2D eigenvalue weighted by Gasteiger charge is -2.05. The molecular formula is C19H20O4. The molecule has 0 bridgehead atoms. The van der Waals surface area contributed by atoms with Crippen molar-refractivity contribution in [1.29, 1.82) is 0 Å². The summed E-state index contributed by atoms with van der Waals surface area (Å²) in [6.45, 7) is 0. The molecule has 0 heterocycles. The van der Waals surface area contributed by atoms with Gasteiger partial charge in [0.25, 0.3) is 0 Å². The molecule has 0 amide bonds. The molecule has 0 radical (unpaired) electrons. The minimum atomic E-state index is -0.739. The molecule has 2 rings (SSSR count). The van der Waals surface area contributed by atoms with Crippen molar-refractivity contribution in [2.24, 2.45) is 0 Å². The van der Waals surface area contributed by atoms with Crippen molar-refractivity contribution in [2.45, 2.75) is 25.4 Å². The zero-order chi connectivity index (χ0) is 16.7. The van der Waals surface area contributed by atoms with Gasteiger partial charge in [-0.15, -0.1) is 0 Å². The highest BCUT2D eigenvalue weighted by Gasteiger charge is 2.04. The van der Waals surface area contributed by atoms with E-state index in [0.717, 1.165) is 11.1 Å². The van der Waals surface area contributed by atoms with E-state index in [4.69, 9.17) is 0 Å². The fraction of sp³-hybridized carbons (Fsp3) is 0.211. The summed E-state index contributed by atoms with van der Waals surface area (Å²) < 4.78 is 0. The maximum absolute atomic E-state index is 11.8. The Morgan fingerprint density at radius 1 is 0.913 bits per heavy atom. The summed E-state index contributed by atoms with van der Waals surface area (Å²) >= 11 is 0. The molecule has 0 spiro atoms. The first-order valence-electron chi connectivity index (χ1n) is 7.48. The van der Waals surface area contributed by atoms with E-state index in [9.17, 15) is 20.1 Å². The number of carbonyl (C=O) groups excluding carboxylic acids is 1. The molecule has 120 valence electrons. The number of aryl methyl sites for hydroxylation is 1. The van der Waals surface area contributed by atoms with E-state index < -0.39 is 6.10 Å². The molecule has 2 aromatic carbocycles. The number of aromatic hydroxyl groups is 2. The molecule has 0 fully saturated rings. The number of rotatable bonds is 7. The summed E-state index contributed by atoms with van der Waals surface area (Å²) in [6, 6.07) is 13.4. The standard InChI is InChI=1S/C19H20O4/c20-16-6-1-14(2-7-16)3-8-18(22)11-12-19(23)13-15-4-9-17(21)10-5-15/h1-2,4-7,9-12,19-21,23H,3,8,13H2/b12-11+/t19-/m1/s1. The van der Waals surface area contributed by atoms with Gasteiger partial charge in [0.2, 0.25) is 0 Å². The van der Waals surface area contributed by atoms with Crippen LogP contribution in [0.3, 0.4) is 0 Å². The number of carbonyl (C=O) groups is 1. The summed E-state index contributed by atoms with van der Waals surface area (Å²) in [5.41, 5.74) is 1.87. The predicted octanol–water partition coefficient (Wildman–Crippen LogP) is 2.76. The summed E-state index contributed by atoms with van der Waals surface area (Å²) in [6.07, 6.45) is 3.50. The number of hydrogen-bond acceptors (Lipinski definition) is 4. The molecule has 0 aliphatic rings. The van der Waals surface area contributed by atoms with Crippen LogP contribution in [0.25, 0.3) is 0 Å². The van der Waals surface area contributed by atoms with E-state index in [1.165, 1.54) is 12.2 Å². The molecule has 0 aliphatic heterocycles. The molecule has 0 unspecified atom stereocenters. The van der Waals surface area contributed by atoms with Gasteiger partial charge in [-0.3, -0.25) is 4.79 Å². The van der Waals surface area contributed by atoms with Crippen molar-refractivity contribution < 1.29 is 20.1 Å². The first-order chi connectivity index (χ1) is 11.0. The Balaban J connectivity index is 1.78. The Morgan fingerprint density at radius 3 is 2.00 bits per heavy atom. The molecular weight excluding hydrogens is 292 g/mol. The number of ketones is 1. The van der Waals surface area contributed by atoms with Gasteiger partial charge in [-0.25, -0.2) is 0 Å². The van der Waals surface area contributed by atoms with Gasteiger partial charge in [-0.2, -0.15) is 0 Å². The number of hydrogen-bond donors (Lipinski definition) is 3. The number of aliphatic hydroxyl groups excluding tert-OH is 1. The van der Waals surface area contributed by atoms with Crippen LogP contribution >= 0.6 is 0 Å². The Labute approximate surface area is 135 Å². The van der Waals surface area contributed by atoms with E-state index in [-0.39, 0.29) is 17.3 Å². The first kappa shape index (κ1) is 16.8. The smallest absolute Gasteiger partial charge is 0.155 e. The molecule has 0 aliphatic carbocycles. The lowest BCUT2D eigenvalue weighted by Crippen LogP contribution is -2.07. The second-order valence-corrected chi connectivity index (χ2v) is 5.43. The molecule has 23 heavy (non-hydrogen) atoms. The monoisotopic (exact) mass is 312 g/mol. The van der Waals surface area contributed by atoms with Crippen LogP contribution in [0.2, 0.25) is 0 Å². The largest absolute Gasteiger partial charge is 0.508 e. The van der Waals surface area contributed by atoms with Crippen LogP contribution in [-0.2, 0) is 17.6 Å². The molecule has 3 N–H and O–H groups in total. The number of phenols is 2. The molecule has 2 aromatic rings. The van der Waals surface area contributed by atoms with Crippen LogP contribution < -0.4 is 0 Å². The van der Waals surface area contributed by atoms with Crippen molar-refractivity contribution >= 4 is 5.78 Å². The third-order valence-corrected chi connectivity index (χ3v) is 3.48. The fourth-order valence-electron chi connectivity index (χ4n) is 2.17. The van der Waals surface area contributed by atoms with Crippen LogP contribution in [0.4, 0.5) is 0 Å². The second kappa shape index (κ2) is 8.15. The topological polar surface area (TPSA) is 77.8 Å². The predicted molar refractivity (Wildman–Crippen MR) is 88.4 cm³/mol. The van der Waals surface area contributed by atoms with Gasteiger partial charge in [0.1, 0.15) is 11.5 Å². The maximum atomic E-state index is 11.8. The quantitative estimate of drug-likeness (QED) is 0.687. The van der Waals surface area contributed by atoms with E-state index >= 15 is 0 Å². The minimum absolute atomic E-state index is 0.0529. The Hall–Kier alpha value is -2.59. The SMILES string of the molecule is O=C(/C=C/[C@@H](O)Cc1ccc(O)cc1)CCc1ccc(O)cc1. The number of phenolic OH excluding ortho intramolecular Hbond substituents is 2. The van der Waals surface area contributed by atoms with E-state index in [2.05, 4.69) is 0 Å². The molecule has 0 saturated carbocycles. The van der Waals surface area contributed by atoms with Gasteiger partial charge < -0.3 is 15.3 Å². The van der Waals surface area contributed by atoms with Gasteiger partial charge in [-0.1, -0.05) is 30.3 Å². The normalized spacial score (nSPS) is 12.4. The van der Waals surface area contributed by atoms with Crippen molar-refractivity contribution in [3.8, 4) is 11.5 Å². The minimum Gasteiger partial charge on any atom is -0.508 e. The van der Waals surface area contributed by atoms with Crippen molar-refractivity contribution in [3.63, 3.8) is 0 Å². The Kier molecular flexibility index (Phi) is 5.94. The average molecular weight is 312 g/mol. The Bertz CT molecular complexity index is 657. The molecule has 0 saturated heterocycles. The summed E-state index contributed by atoms with van der Waals surface area (Å²) in [5, 5.41) is 28.3. The van der Waals surface area contributed by atoms with Crippen LogP contribution in [0, 0.1) is 0 Å². The number of benzene rings is 2. The summed E-state index contributed by atoms with van der Waals surface area (Å²) in [5.74, 6) is 0.336. The third kappa shape index (κ3) is 5.96. The second-order valence-electron chi connectivity index (χ2n) is 5.43. The lowest BCUT2D eigenvalue weighted by atomic mass is 10.0. The van der Waals surface area contributed by atoms with Gasteiger partial charge in [-0.05, 0) is 47.9 Å². The van der Waals surface area contributed by atoms with Crippen molar-refractivity contribution in [3.05, 3.63) is 71.8 Å². The highest BCUT2D eigenvalue weighted by molar-refractivity contribution is 5.89. The third-order valence-electron chi connectivity index (χ3n) is 3.48. The fourth-order valence-corrected chi connectivity index (χ4v) is 2.17. The van der Waals surface area contributed by atoms with Crippen LogP contribution in [0.15, 0.2) is 60.7 Å². The van der Waals surface area contributed by atoms with Crippen LogP contribution in [0.1, 0.15) is 17.5 Å². The van der Waals surface area contributed by atoms with Crippen molar-refractivity contribution in [1.82, 2.24) is 0 Å². The average Bonchev–Trinajstić information content (AvgIpc) is 2.54. The van der Waals surface area contributed by atoms with E-state index in [1.54, 1.807) is 48.5 Å². The van der Waals surface area contributed by atoms with Gasteiger partial charge in [0, 0.05) is 12.8 Å². The number of allylic oxidation sites excluding steroid dienone is 1. The van der Waals surface area contributed by atoms with E-state index in [1.807, 2.05) is 0 Å². The summed E-state index contributed by atoms with van der Waals surface area (Å²) in [4.78, 5) is 11.8. The first-order valence-corrected chi connectivity index (χ1v) is 7.48. The van der Waals surface area contributed by atoms with Gasteiger partial charge >= 0.3 is 0 Å². The number of aliphatic hydroxyl groups is 1. The molecule has 0 aromatic heterocycles. The molecule has 1 atom stereocenters. The van der Waals surface area contributed by atoms with Gasteiger partial charge in [0.15, 0.2) is 5.78 Å². The maximum Gasteiger partial charge on any atom is 0.155 e. The molecule has 4 heteroatoms. The van der Waals surface area contributed by atoms with Crippen LogP contribution in [-0.4, -0.2) is 27.2 Å². The zero-order valence-corrected chi connectivity index (χ0v) is 12.7. The van der Waals surface area contributed by atoms with E-state index in [0.29, 0.717) is 19.3 Å². The van der Waals surface area contributed by atoms with Gasteiger partial charge in [0.05, 0.1) is 6.10 Å². The summed E-state index contributed by atoms with van der Waals surface area (Å²) in [7, 11) is 0. The Morgan fingerprint density at radius 2 is 1.43 bits per heavy atom. The van der Waals surface area contributed by atoms with Crippen molar-refractivity contribution in [2.75, 3.05) is 0 Å². The molecule has 4 nitrogen and oxygen atoms in total. The van der Waals surface area contributed by atoms with Crippen LogP contribution in [0.5, 0.6) is 11.5 Å². The highest BCUT2D eigenvalue weighted by atomic mass is 16.3. The lowest BCUT2D eigenvalue weighted by molar-refractivity contribution is -0.114. The zero-order valence-electron chi connectivity index (χ0n) is 12.7. The highest BCUT2D eigenvalue weighted by Crippen LogP contribution is 2.13.